The summed E-state index contributed by atoms with van der Waals surface area (Å²) in [6.45, 7) is 9.27. The molecule has 2 heterocycles. The fraction of sp³-hybridized carbons (Fsp3) is 0.870. The van der Waals surface area contributed by atoms with Gasteiger partial charge in [-0.3, -0.25) is 19.3 Å². The first kappa shape index (κ1) is 23.0. The molecular formula is C23H40N4O3. The maximum atomic E-state index is 13.1. The Hall–Kier alpha value is -1.63. The Morgan fingerprint density at radius 1 is 1.07 bits per heavy atom. The van der Waals surface area contributed by atoms with E-state index in [-0.39, 0.29) is 29.7 Å². The number of carbonyl (C=O) groups is 3. The number of hydrogen-bond acceptors (Lipinski definition) is 4. The lowest BCUT2D eigenvalue weighted by molar-refractivity contribution is -0.138. The Bertz CT molecular complexity index is 597. The SMILES string of the molecule is CCC(C)C(=O)N1CCN(C(C(=O)NCCCN2CCCC2=O)C2CCCC2)CC1. The van der Waals surface area contributed by atoms with Crippen LogP contribution in [0.1, 0.15) is 65.2 Å². The van der Waals surface area contributed by atoms with Gasteiger partial charge in [-0.05, 0) is 38.0 Å². The van der Waals surface area contributed by atoms with E-state index in [9.17, 15) is 14.4 Å². The van der Waals surface area contributed by atoms with Crippen molar-refractivity contribution >= 4 is 17.7 Å². The van der Waals surface area contributed by atoms with Crippen LogP contribution in [0.5, 0.6) is 0 Å². The second kappa shape index (κ2) is 11.1. The van der Waals surface area contributed by atoms with Crippen molar-refractivity contribution in [2.24, 2.45) is 11.8 Å². The van der Waals surface area contributed by atoms with E-state index in [0.717, 1.165) is 71.4 Å². The molecule has 1 aliphatic carbocycles. The maximum Gasteiger partial charge on any atom is 0.237 e. The average Bonchev–Trinajstić information content (AvgIpc) is 3.43. The van der Waals surface area contributed by atoms with Crippen molar-refractivity contribution in [1.29, 1.82) is 0 Å². The Balaban J connectivity index is 1.50. The molecule has 1 N–H and O–H groups in total. The van der Waals surface area contributed by atoms with Crippen LogP contribution in [0.25, 0.3) is 0 Å². The summed E-state index contributed by atoms with van der Waals surface area (Å²) in [4.78, 5) is 43.6. The van der Waals surface area contributed by atoms with Crippen molar-refractivity contribution in [2.75, 3.05) is 45.8 Å². The molecule has 2 saturated heterocycles. The molecule has 1 saturated carbocycles. The van der Waals surface area contributed by atoms with E-state index < -0.39 is 0 Å². The Labute approximate surface area is 181 Å². The minimum absolute atomic E-state index is 0.0768. The van der Waals surface area contributed by atoms with Gasteiger partial charge >= 0.3 is 0 Å². The monoisotopic (exact) mass is 420 g/mol. The number of likely N-dealkylation sites (tertiary alicyclic amines) is 1. The molecule has 3 amide bonds. The van der Waals surface area contributed by atoms with E-state index in [2.05, 4.69) is 17.1 Å². The predicted molar refractivity (Wildman–Crippen MR) is 117 cm³/mol. The van der Waals surface area contributed by atoms with Crippen LogP contribution in [0.3, 0.4) is 0 Å². The Kier molecular flexibility index (Phi) is 8.54. The van der Waals surface area contributed by atoms with Gasteiger partial charge in [0.05, 0.1) is 6.04 Å². The Morgan fingerprint density at radius 3 is 2.37 bits per heavy atom. The second-order valence-corrected chi connectivity index (χ2v) is 9.29. The molecule has 7 heteroatoms. The number of amides is 3. The van der Waals surface area contributed by atoms with E-state index in [0.29, 0.717) is 18.9 Å². The van der Waals surface area contributed by atoms with E-state index in [1.54, 1.807) is 0 Å². The summed E-state index contributed by atoms with van der Waals surface area (Å²) in [5.74, 6) is 1.12. The van der Waals surface area contributed by atoms with Crippen LogP contribution in [-0.2, 0) is 14.4 Å². The molecule has 0 spiro atoms. The number of carbonyl (C=O) groups excluding carboxylic acids is 3. The summed E-state index contributed by atoms with van der Waals surface area (Å²) in [6, 6.07) is -0.0817. The number of hydrogen-bond donors (Lipinski definition) is 1. The van der Waals surface area contributed by atoms with Gasteiger partial charge in [0.2, 0.25) is 17.7 Å². The number of nitrogens with one attached hydrogen (secondary N) is 1. The number of rotatable bonds is 9. The molecule has 2 aliphatic heterocycles. The summed E-state index contributed by atoms with van der Waals surface area (Å²) < 4.78 is 0. The van der Waals surface area contributed by atoms with Crippen molar-refractivity contribution in [2.45, 2.75) is 71.3 Å². The standard InChI is InChI=1S/C23H40N4O3/c1-3-18(2)23(30)27-16-14-26(15-17-27)21(19-8-4-5-9-19)22(29)24-11-7-13-25-12-6-10-20(25)28/h18-19,21H,3-17H2,1-2H3,(H,24,29). The maximum absolute atomic E-state index is 13.1. The normalized spacial score (nSPS) is 23.1. The van der Waals surface area contributed by atoms with Gasteiger partial charge in [0.15, 0.2) is 0 Å². The minimum atomic E-state index is -0.0817. The van der Waals surface area contributed by atoms with Crippen LogP contribution in [0, 0.1) is 11.8 Å². The second-order valence-electron chi connectivity index (χ2n) is 9.29. The van der Waals surface area contributed by atoms with Crippen molar-refractivity contribution in [1.82, 2.24) is 20.0 Å². The van der Waals surface area contributed by atoms with E-state index in [1.807, 2.05) is 16.7 Å². The first-order valence-corrected chi connectivity index (χ1v) is 12.1. The highest BCUT2D eigenvalue weighted by Gasteiger charge is 2.37. The molecule has 2 atom stereocenters. The lowest BCUT2D eigenvalue weighted by Crippen LogP contribution is -2.58. The molecule has 3 rings (SSSR count). The summed E-state index contributed by atoms with van der Waals surface area (Å²) in [6.07, 6.45) is 7.96. The summed E-state index contributed by atoms with van der Waals surface area (Å²) in [7, 11) is 0. The third kappa shape index (κ3) is 5.74. The smallest absolute Gasteiger partial charge is 0.237 e. The van der Waals surface area contributed by atoms with Gasteiger partial charge in [-0.15, -0.1) is 0 Å². The highest BCUT2D eigenvalue weighted by atomic mass is 16.2. The topological polar surface area (TPSA) is 73.0 Å². The van der Waals surface area contributed by atoms with E-state index in [4.69, 9.17) is 0 Å². The van der Waals surface area contributed by atoms with Gasteiger partial charge in [-0.25, -0.2) is 0 Å². The molecule has 7 nitrogen and oxygen atoms in total. The van der Waals surface area contributed by atoms with Gasteiger partial charge in [0.1, 0.15) is 0 Å². The highest BCUT2D eigenvalue weighted by molar-refractivity contribution is 5.82. The van der Waals surface area contributed by atoms with Gasteiger partial charge in [0.25, 0.3) is 0 Å². The molecule has 0 aromatic rings. The average molecular weight is 421 g/mol. The highest BCUT2D eigenvalue weighted by Crippen LogP contribution is 2.31. The fourth-order valence-electron chi connectivity index (χ4n) is 5.18. The quantitative estimate of drug-likeness (QED) is 0.578. The molecule has 0 aromatic heterocycles. The molecule has 0 bridgehead atoms. The molecule has 0 aromatic carbocycles. The van der Waals surface area contributed by atoms with E-state index >= 15 is 0 Å². The largest absolute Gasteiger partial charge is 0.355 e. The number of piperazine rings is 1. The first-order chi connectivity index (χ1) is 14.5. The van der Waals surface area contributed by atoms with Gasteiger partial charge in [0, 0.05) is 58.2 Å². The van der Waals surface area contributed by atoms with Crippen molar-refractivity contribution in [3.05, 3.63) is 0 Å². The molecule has 30 heavy (non-hydrogen) atoms. The van der Waals surface area contributed by atoms with Crippen LogP contribution in [0.2, 0.25) is 0 Å². The van der Waals surface area contributed by atoms with Crippen molar-refractivity contribution in [3.8, 4) is 0 Å². The summed E-state index contributed by atoms with van der Waals surface area (Å²) >= 11 is 0. The van der Waals surface area contributed by atoms with Crippen molar-refractivity contribution in [3.63, 3.8) is 0 Å². The van der Waals surface area contributed by atoms with Gasteiger partial charge in [-0.1, -0.05) is 26.7 Å². The summed E-state index contributed by atoms with van der Waals surface area (Å²) in [5, 5.41) is 3.16. The molecule has 3 fully saturated rings. The van der Waals surface area contributed by atoms with Crippen LogP contribution < -0.4 is 5.32 Å². The zero-order chi connectivity index (χ0) is 21.5. The summed E-state index contributed by atoms with van der Waals surface area (Å²) in [5.41, 5.74) is 0. The zero-order valence-electron chi connectivity index (χ0n) is 18.9. The zero-order valence-corrected chi connectivity index (χ0v) is 18.9. The van der Waals surface area contributed by atoms with Gasteiger partial charge < -0.3 is 15.1 Å². The Morgan fingerprint density at radius 2 is 1.77 bits per heavy atom. The van der Waals surface area contributed by atoms with Crippen molar-refractivity contribution < 1.29 is 14.4 Å². The number of nitrogens with zero attached hydrogens (tertiary/aromatic N) is 3. The molecular weight excluding hydrogens is 380 g/mol. The fourth-order valence-corrected chi connectivity index (χ4v) is 5.18. The molecule has 3 aliphatic rings. The first-order valence-electron chi connectivity index (χ1n) is 12.1. The van der Waals surface area contributed by atoms with Crippen LogP contribution in [0.15, 0.2) is 0 Å². The van der Waals surface area contributed by atoms with Crippen LogP contribution >= 0.6 is 0 Å². The molecule has 170 valence electrons. The van der Waals surface area contributed by atoms with E-state index in [1.165, 1.54) is 12.8 Å². The minimum Gasteiger partial charge on any atom is -0.355 e. The predicted octanol–water partition coefficient (Wildman–Crippen LogP) is 1.86. The lowest BCUT2D eigenvalue weighted by atomic mass is 9.94. The molecule has 2 unspecified atom stereocenters. The lowest BCUT2D eigenvalue weighted by Gasteiger charge is -2.41. The van der Waals surface area contributed by atoms with Crippen LogP contribution in [-0.4, -0.2) is 84.3 Å². The van der Waals surface area contributed by atoms with Gasteiger partial charge in [-0.2, -0.15) is 0 Å². The molecule has 0 radical (unpaired) electrons. The van der Waals surface area contributed by atoms with Crippen LogP contribution in [0.4, 0.5) is 0 Å². The third-order valence-corrected chi connectivity index (χ3v) is 7.24. The third-order valence-electron chi connectivity index (χ3n) is 7.24.